The molecule has 0 aliphatic carbocycles. The first kappa shape index (κ1) is 24.5. The molecule has 8 nitrogen and oxygen atoms in total. The Balaban J connectivity index is 1.18. The number of hydrogen-bond acceptors (Lipinski definition) is 6. The lowest BCUT2D eigenvalue weighted by Crippen LogP contribution is -2.44. The number of aryl methyl sites for hydroxylation is 3. The molecule has 8 heteroatoms. The first-order valence-electron chi connectivity index (χ1n) is 13.7. The number of hydrogen-bond donors (Lipinski definition) is 1. The Labute approximate surface area is 214 Å². The zero-order chi connectivity index (χ0) is 24.9. The van der Waals surface area contributed by atoms with Gasteiger partial charge in [-0.2, -0.15) is 0 Å². The van der Waals surface area contributed by atoms with Gasteiger partial charge in [0.05, 0.1) is 5.92 Å². The lowest BCUT2D eigenvalue weighted by Gasteiger charge is -2.33. The molecule has 2 aliphatic heterocycles. The summed E-state index contributed by atoms with van der Waals surface area (Å²) in [7, 11) is 0. The third-order valence-corrected chi connectivity index (χ3v) is 7.62. The number of piperidine rings is 1. The van der Waals surface area contributed by atoms with Gasteiger partial charge in [-0.25, -0.2) is 15.0 Å². The minimum Gasteiger partial charge on any atom is -0.372 e. The SMILES string of the molecule is CCN(CCCNC(=O)[C@@H]1CCCN(c2ncnc3c2nc2n3CCCCC2)C1)c1cccc(C)c1. The molecular formula is C28H39N7O. The number of rotatable bonds is 8. The second-order valence-electron chi connectivity index (χ2n) is 10.2. The number of fused-ring (bicyclic) bond motifs is 3. The molecule has 0 bridgehead atoms. The van der Waals surface area contributed by atoms with Crippen molar-refractivity contribution in [2.24, 2.45) is 5.92 Å². The van der Waals surface area contributed by atoms with E-state index in [2.05, 4.69) is 67.8 Å². The average Bonchev–Trinajstić information content (AvgIpc) is 3.09. The van der Waals surface area contributed by atoms with Crippen LogP contribution in [0.4, 0.5) is 11.5 Å². The number of imidazole rings is 1. The number of amides is 1. The van der Waals surface area contributed by atoms with Crippen molar-refractivity contribution in [3.8, 4) is 0 Å². The van der Waals surface area contributed by atoms with E-state index < -0.39 is 0 Å². The maximum absolute atomic E-state index is 13.1. The zero-order valence-corrected chi connectivity index (χ0v) is 21.7. The van der Waals surface area contributed by atoms with Crippen LogP contribution in [0.25, 0.3) is 11.2 Å². The maximum Gasteiger partial charge on any atom is 0.224 e. The molecule has 0 spiro atoms. The fourth-order valence-electron chi connectivity index (χ4n) is 5.66. The second kappa shape index (κ2) is 11.3. The van der Waals surface area contributed by atoms with Gasteiger partial charge in [-0.15, -0.1) is 0 Å². The van der Waals surface area contributed by atoms with Crippen LogP contribution in [0.3, 0.4) is 0 Å². The Morgan fingerprint density at radius 3 is 2.94 bits per heavy atom. The molecule has 192 valence electrons. The Morgan fingerprint density at radius 1 is 1.17 bits per heavy atom. The van der Waals surface area contributed by atoms with Gasteiger partial charge >= 0.3 is 0 Å². The summed E-state index contributed by atoms with van der Waals surface area (Å²) in [6.45, 7) is 9.46. The highest BCUT2D eigenvalue weighted by atomic mass is 16.1. The molecule has 1 aromatic carbocycles. The van der Waals surface area contributed by atoms with E-state index in [0.717, 1.165) is 74.7 Å². The number of aromatic nitrogens is 4. The monoisotopic (exact) mass is 489 g/mol. The molecule has 0 radical (unpaired) electrons. The summed E-state index contributed by atoms with van der Waals surface area (Å²) in [6, 6.07) is 8.62. The summed E-state index contributed by atoms with van der Waals surface area (Å²) in [6.07, 6.45) is 9.08. The van der Waals surface area contributed by atoms with Crippen molar-refractivity contribution >= 4 is 28.6 Å². The van der Waals surface area contributed by atoms with Crippen LogP contribution in [-0.4, -0.2) is 58.1 Å². The van der Waals surface area contributed by atoms with E-state index in [1.165, 1.54) is 30.5 Å². The van der Waals surface area contributed by atoms with Crippen molar-refractivity contribution in [3.05, 3.63) is 42.0 Å². The molecule has 1 fully saturated rings. The van der Waals surface area contributed by atoms with E-state index >= 15 is 0 Å². The maximum atomic E-state index is 13.1. The Kier molecular flexibility index (Phi) is 7.68. The summed E-state index contributed by atoms with van der Waals surface area (Å²) in [5.74, 6) is 2.14. The summed E-state index contributed by atoms with van der Waals surface area (Å²) < 4.78 is 2.28. The molecule has 2 aromatic heterocycles. The third kappa shape index (κ3) is 5.32. The van der Waals surface area contributed by atoms with Gasteiger partial charge in [0, 0.05) is 51.4 Å². The normalized spacial score (nSPS) is 18.1. The third-order valence-electron chi connectivity index (χ3n) is 7.62. The number of nitrogens with one attached hydrogen (secondary N) is 1. The molecule has 4 heterocycles. The van der Waals surface area contributed by atoms with Crippen molar-refractivity contribution in [2.45, 2.75) is 65.3 Å². The first-order chi connectivity index (χ1) is 17.6. The largest absolute Gasteiger partial charge is 0.372 e. The van der Waals surface area contributed by atoms with E-state index in [-0.39, 0.29) is 11.8 Å². The predicted octanol–water partition coefficient (Wildman–Crippen LogP) is 4.11. The molecular weight excluding hydrogens is 450 g/mol. The van der Waals surface area contributed by atoms with E-state index in [1.54, 1.807) is 6.33 Å². The van der Waals surface area contributed by atoms with Crippen molar-refractivity contribution in [1.82, 2.24) is 24.8 Å². The zero-order valence-electron chi connectivity index (χ0n) is 21.7. The Hall–Kier alpha value is -3.16. The van der Waals surface area contributed by atoms with Crippen LogP contribution in [0.2, 0.25) is 0 Å². The summed E-state index contributed by atoms with van der Waals surface area (Å²) >= 11 is 0. The fraction of sp³-hybridized carbons (Fsp3) is 0.571. The van der Waals surface area contributed by atoms with Crippen molar-refractivity contribution in [1.29, 1.82) is 0 Å². The van der Waals surface area contributed by atoms with Gasteiger partial charge in [0.25, 0.3) is 0 Å². The number of carbonyl (C=O) groups is 1. The van der Waals surface area contributed by atoms with E-state index in [9.17, 15) is 4.79 Å². The minimum absolute atomic E-state index is 0.0248. The number of nitrogens with zero attached hydrogens (tertiary/aromatic N) is 6. The molecule has 1 N–H and O–H groups in total. The topological polar surface area (TPSA) is 79.2 Å². The second-order valence-corrected chi connectivity index (χ2v) is 10.2. The van der Waals surface area contributed by atoms with Crippen molar-refractivity contribution in [2.75, 3.05) is 42.5 Å². The standard InChI is InChI=1S/C28H39N7O/c1-3-33(23-12-7-10-21(2)18-23)16-9-14-29-28(36)22-11-8-15-34(19-22)26-25-27(31-20-30-26)35-17-6-4-5-13-24(35)32-25/h7,10,12,18,20,22H,3-6,8-9,11,13-17,19H2,1-2H3,(H,29,36)/t22-/m1/s1. The highest BCUT2D eigenvalue weighted by Gasteiger charge is 2.29. The highest BCUT2D eigenvalue weighted by Crippen LogP contribution is 2.29. The Morgan fingerprint density at radius 2 is 2.08 bits per heavy atom. The van der Waals surface area contributed by atoms with Gasteiger partial charge < -0.3 is 19.7 Å². The van der Waals surface area contributed by atoms with Crippen LogP contribution >= 0.6 is 0 Å². The Bertz CT molecular complexity index is 1190. The molecule has 3 aromatic rings. The molecule has 0 saturated carbocycles. The summed E-state index contributed by atoms with van der Waals surface area (Å²) in [5, 5.41) is 3.21. The van der Waals surface area contributed by atoms with Gasteiger partial charge in [0.15, 0.2) is 17.0 Å². The van der Waals surface area contributed by atoms with Crippen LogP contribution in [0.15, 0.2) is 30.6 Å². The van der Waals surface area contributed by atoms with Gasteiger partial charge in [-0.1, -0.05) is 18.6 Å². The van der Waals surface area contributed by atoms with E-state index in [4.69, 9.17) is 4.98 Å². The average molecular weight is 490 g/mol. The predicted molar refractivity (Wildman–Crippen MR) is 145 cm³/mol. The molecule has 5 rings (SSSR count). The lowest BCUT2D eigenvalue weighted by atomic mass is 9.97. The minimum atomic E-state index is -0.0248. The van der Waals surface area contributed by atoms with Crippen LogP contribution in [0.1, 0.15) is 56.8 Å². The highest BCUT2D eigenvalue weighted by molar-refractivity contribution is 5.85. The van der Waals surface area contributed by atoms with Crippen LogP contribution in [0.5, 0.6) is 0 Å². The molecule has 1 atom stereocenters. The van der Waals surface area contributed by atoms with Gasteiger partial charge in [-0.05, 0) is 63.6 Å². The smallest absolute Gasteiger partial charge is 0.224 e. The van der Waals surface area contributed by atoms with Crippen LogP contribution in [-0.2, 0) is 17.8 Å². The van der Waals surface area contributed by atoms with E-state index in [0.29, 0.717) is 13.1 Å². The summed E-state index contributed by atoms with van der Waals surface area (Å²) in [5.41, 5.74) is 4.36. The molecule has 0 unspecified atom stereocenters. The van der Waals surface area contributed by atoms with Gasteiger partial charge in [0.2, 0.25) is 5.91 Å². The fourth-order valence-corrected chi connectivity index (χ4v) is 5.66. The molecule has 1 amide bonds. The molecule has 36 heavy (non-hydrogen) atoms. The van der Waals surface area contributed by atoms with Crippen LogP contribution < -0.4 is 15.1 Å². The summed E-state index contributed by atoms with van der Waals surface area (Å²) in [4.78, 5) is 31.9. The van der Waals surface area contributed by atoms with Gasteiger partial charge in [-0.3, -0.25) is 4.79 Å². The quantitative estimate of drug-likeness (QED) is 0.480. The van der Waals surface area contributed by atoms with Crippen molar-refractivity contribution in [3.63, 3.8) is 0 Å². The van der Waals surface area contributed by atoms with E-state index in [1.807, 2.05) is 0 Å². The lowest BCUT2D eigenvalue weighted by molar-refractivity contribution is -0.125. The van der Waals surface area contributed by atoms with Crippen molar-refractivity contribution < 1.29 is 4.79 Å². The number of anilines is 2. The molecule has 1 saturated heterocycles. The number of carbonyl (C=O) groups excluding carboxylic acids is 1. The van der Waals surface area contributed by atoms with Crippen LogP contribution in [0, 0.1) is 12.8 Å². The van der Waals surface area contributed by atoms with Gasteiger partial charge in [0.1, 0.15) is 12.2 Å². The first-order valence-corrected chi connectivity index (χ1v) is 13.7. The number of benzene rings is 1. The molecule has 2 aliphatic rings.